The van der Waals surface area contributed by atoms with Crippen molar-refractivity contribution in [2.45, 2.75) is 31.9 Å². The van der Waals surface area contributed by atoms with E-state index in [9.17, 15) is 9.59 Å². The highest BCUT2D eigenvalue weighted by Gasteiger charge is 2.50. The summed E-state index contributed by atoms with van der Waals surface area (Å²) in [6, 6.07) is 5.51. The first-order chi connectivity index (χ1) is 9.43. The smallest absolute Gasteiger partial charge is 0.234 e. The first-order valence-electron chi connectivity index (χ1n) is 6.63. The summed E-state index contributed by atoms with van der Waals surface area (Å²) in [5, 5.41) is 2.81. The molecule has 0 spiro atoms. The van der Waals surface area contributed by atoms with Gasteiger partial charge in [-0.15, -0.1) is 0 Å². The number of fused-ring (bicyclic) bond motifs is 4. The summed E-state index contributed by atoms with van der Waals surface area (Å²) >= 11 is 0. The molecule has 106 valence electrons. The van der Waals surface area contributed by atoms with Crippen LogP contribution in [0.4, 0.5) is 0 Å². The molecule has 2 bridgehead atoms. The fraction of sp³-hybridized carbons (Fsp3) is 0.467. The molecular weight excluding hydrogens is 258 g/mol. The maximum absolute atomic E-state index is 12.2. The molecule has 3 unspecified atom stereocenters. The summed E-state index contributed by atoms with van der Waals surface area (Å²) in [5.41, 5.74) is 0.144. The highest BCUT2D eigenvalue weighted by Crippen LogP contribution is 2.47. The van der Waals surface area contributed by atoms with E-state index in [1.54, 1.807) is 13.2 Å². The Morgan fingerprint density at radius 1 is 1.50 bits per heavy atom. The number of carbonyl (C=O) groups excluding carboxylic acids is 2. The number of nitrogens with one attached hydrogen (secondary N) is 1. The van der Waals surface area contributed by atoms with Crippen molar-refractivity contribution in [1.82, 2.24) is 5.32 Å². The van der Waals surface area contributed by atoms with Gasteiger partial charge in [0.15, 0.2) is 5.72 Å². The van der Waals surface area contributed by atoms with E-state index in [1.165, 1.54) is 6.92 Å². The Bertz CT molecular complexity index is 598. The molecule has 0 radical (unpaired) electrons. The Morgan fingerprint density at radius 3 is 2.90 bits per heavy atom. The highest BCUT2D eigenvalue weighted by molar-refractivity contribution is 6.02. The van der Waals surface area contributed by atoms with Gasteiger partial charge < -0.3 is 14.8 Å². The Kier molecular flexibility index (Phi) is 2.74. The van der Waals surface area contributed by atoms with Crippen LogP contribution in [-0.4, -0.2) is 24.5 Å². The van der Waals surface area contributed by atoms with Gasteiger partial charge in [0.05, 0.1) is 7.11 Å². The van der Waals surface area contributed by atoms with Gasteiger partial charge in [-0.1, -0.05) is 6.07 Å². The molecule has 0 aromatic heterocycles. The van der Waals surface area contributed by atoms with Crippen molar-refractivity contribution in [1.29, 1.82) is 0 Å². The summed E-state index contributed by atoms with van der Waals surface area (Å²) in [6.45, 7) is 3.29. The quantitative estimate of drug-likeness (QED) is 0.833. The standard InChI is InChI=1S/C15H17NO4/c1-8(17)13-11-7-15(2,16-14(13)18)20-12-6-9(19-3)4-5-10(11)12/h4-6,11,13H,7H2,1-3H3,(H,16,18). The van der Waals surface area contributed by atoms with Crippen molar-refractivity contribution in [2.75, 3.05) is 7.11 Å². The molecule has 5 heteroatoms. The minimum absolute atomic E-state index is 0.113. The monoisotopic (exact) mass is 275 g/mol. The van der Waals surface area contributed by atoms with E-state index in [0.29, 0.717) is 17.9 Å². The molecule has 1 aromatic rings. The van der Waals surface area contributed by atoms with Crippen LogP contribution in [0.3, 0.4) is 0 Å². The number of ketones is 1. The van der Waals surface area contributed by atoms with Crippen molar-refractivity contribution in [3.05, 3.63) is 23.8 Å². The third kappa shape index (κ3) is 1.85. The Balaban J connectivity index is 2.11. The lowest BCUT2D eigenvalue weighted by Crippen LogP contribution is -2.61. The molecule has 1 saturated heterocycles. The highest BCUT2D eigenvalue weighted by atomic mass is 16.5. The number of hydrogen-bond donors (Lipinski definition) is 1. The molecule has 1 fully saturated rings. The largest absolute Gasteiger partial charge is 0.497 e. The second kappa shape index (κ2) is 4.23. The zero-order chi connectivity index (χ0) is 14.5. The average Bonchev–Trinajstić information content (AvgIpc) is 2.35. The van der Waals surface area contributed by atoms with Crippen molar-refractivity contribution < 1.29 is 19.1 Å². The summed E-state index contributed by atoms with van der Waals surface area (Å²) in [5.74, 6) is 0.225. The van der Waals surface area contributed by atoms with Crippen LogP contribution in [0.1, 0.15) is 31.7 Å². The molecular formula is C15H17NO4. The zero-order valence-electron chi connectivity index (χ0n) is 11.7. The second-order valence-corrected chi connectivity index (χ2v) is 5.62. The number of hydrogen-bond acceptors (Lipinski definition) is 4. The van der Waals surface area contributed by atoms with Crippen LogP contribution < -0.4 is 14.8 Å². The van der Waals surface area contributed by atoms with Crippen LogP contribution in [0.5, 0.6) is 11.5 Å². The maximum Gasteiger partial charge on any atom is 0.234 e. The van der Waals surface area contributed by atoms with E-state index in [-0.39, 0.29) is 17.6 Å². The van der Waals surface area contributed by atoms with Gasteiger partial charge in [-0.05, 0) is 25.5 Å². The Morgan fingerprint density at radius 2 is 2.25 bits per heavy atom. The topological polar surface area (TPSA) is 64.6 Å². The second-order valence-electron chi connectivity index (χ2n) is 5.62. The molecule has 1 aromatic carbocycles. The van der Waals surface area contributed by atoms with E-state index in [1.807, 2.05) is 19.1 Å². The predicted molar refractivity (Wildman–Crippen MR) is 71.7 cm³/mol. The van der Waals surface area contributed by atoms with E-state index in [2.05, 4.69) is 5.32 Å². The van der Waals surface area contributed by atoms with Gasteiger partial charge in [0, 0.05) is 18.4 Å². The van der Waals surface area contributed by atoms with Crippen molar-refractivity contribution in [3.63, 3.8) is 0 Å². The van der Waals surface area contributed by atoms with E-state index in [4.69, 9.17) is 9.47 Å². The minimum atomic E-state index is -0.757. The van der Waals surface area contributed by atoms with Crippen molar-refractivity contribution in [2.24, 2.45) is 5.92 Å². The Hall–Kier alpha value is -2.04. The average molecular weight is 275 g/mol. The van der Waals surface area contributed by atoms with Gasteiger partial charge in [0.1, 0.15) is 23.2 Å². The molecule has 2 heterocycles. The lowest BCUT2D eigenvalue weighted by molar-refractivity contribution is -0.145. The zero-order valence-corrected chi connectivity index (χ0v) is 11.7. The van der Waals surface area contributed by atoms with Crippen LogP contribution in [-0.2, 0) is 9.59 Å². The summed E-state index contributed by atoms with van der Waals surface area (Å²) in [6.07, 6.45) is 0.600. The lowest BCUT2D eigenvalue weighted by Gasteiger charge is -2.46. The number of methoxy groups -OCH3 is 1. The lowest BCUT2D eigenvalue weighted by atomic mass is 9.73. The van der Waals surface area contributed by atoms with Gasteiger partial charge >= 0.3 is 0 Å². The third-order valence-electron chi connectivity index (χ3n) is 4.08. The molecule has 0 saturated carbocycles. The van der Waals surface area contributed by atoms with E-state index in [0.717, 1.165) is 5.56 Å². The van der Waals surface area contributed by atoms with Crippen molar-refractivity contribution in [3.8, 4) is 11.5 Å². The summed E-state index contributed by atoms with van der Waals surface area (Å²) in [4.78, 5) is 24.0. The SMILES string of the molecule is COc1ccc2c(c1)OC1(C)CC2C(C(C)=O)C(=O)N1. The third-order valence-corrected chi connectivity index (χ3v) is 4.08. The molecule has 20 heavy (non-hydrogen) atoms. The number of Topliss-reactive ketones (excluding diaryl/α,β-unsaturated/α-hetero) is 1. The fourth-order valence-electron chi connectivity index (χ4n) is 3.21. The van der Waals surface area contributed by atoms with Crippen molar-refractivity contribution >= 4 is 11.7 Å². The molecule has 5 nitrogen and oxygen atoms in total. The van der Waals surface area contributed by atoms with Gasteiger partial charge in [-0.25, -0.2) is 0 Å². The minimum Gasteiger partial charge on any atom is -0.497 e. The fourth-order valence-corrected chi connectivity index (χ4v) is 3.21. The van der Waals surface area contributed by atoms with Gasteiger partial charge in [-0.3, -0.25) is 9.59 Å². The molecule has 1 amide bonds. The number of benzene rings is 1. The molecule has 1 N–H and O–H groups in total. The predicted octanol–water partition coefficient (Wildman–Crippen LogP) is 1.61. The number of carbonyl (C=O) groups is 2. The molecule has 0 aliphatic carbocycles. The first kappa shape index (κ1) is 13.0. The number of ether oxygens (including phenoxy) is 2. The molecule has 2 aliphatic rings. The number of amides is 1. The van der Waals surface area contributed by atoms with Crippen LogP contribution in [0.2, 0.25) is 0 Å². The Labute approximate surface area is 117 Å². The number of rotatable bonds is 2. The summed E-state index contributed by atoms with van der Waals surface area (Å²) < 4.78 is 11.1. The first-order valence-corrected chi connectivity index (χ1v) is 6.63. The van der Waals surface area contributed by atoms with E-state index >= 15 is 0 Å². The van der Waals surface area contributed by atoms with Crippen LogP contribution in [0.25, 0.3) is 0 Å². The number of piperidine rings is 1. The molecule has 3 rings (SSSR count). The summed E-state index contributed by atoms with van der Waals surface area (Å²) in [7, 11) is 1.59. The van der Waals surface area contributed by atoms with Crippen LogP contribution in [0.15, 0.2) is 18.2 Å². The van der Waals surface area contributed by atoms with Gasteiger partial charge in [0.25, 0.3) is 0 Å². The van der Waals surface area contributed by atoms with Crippen LogP contribution >= 0.6 is 0 Å². The maximum atomic E-state index is 12.2. The van der Waals surface area contributed by atoms with E-state index < -0.39 is 11.6 Å². The normalized spacial score (nSPS) is 30.9. The van der Waals surface area contributed by atoms with Gasteiger partial charge in [0.2, 0.25) is 5.91 Å². The molecule has 2 aliphatic heterocycles. The molecule has 3 atom stereocenters. The van der Waals surface area contributed by atoms with Crippen LogP contribution in [0, 0.1) is 5.92 Å². The van der Waals surface area contributed by atoms with Gasteiger partial charge in [-0.2, -0.15) is 0 Å².